The molecule has 3 aliphatic rings. The van der Waals surface area contributed by atoms with Crippen LogP contribution in [0.2, 0.25) is 0 Å². The van der Waals surface area contributed by atoms with E-state index in [0.29, 0.717) is 12.3 Å². The van der Waals surface area contributed by atoms with E-state index in [2.05, 4.69) is 20.4 Å². The van der Waals surface area contributed by atoms with Crippen LogP contribution in [0.1, 0.15) is 18.5 Å². The van der Waals surface area contributed by atoms with Crippen molar-refractivity contribution in [1.82, 2.24) is 20.1 Å². The van der Waals surface area contributed by atoms with Gasteiger partial charge in [0.15, 0.2) is 10.8 Å². The Bertz CT molecular complexity index is 970. The molecule has 0 bridgehead atoms. The quantitative estimate of drug-likeness (QED) is 0.284. The number of thioether (sulfide) groups is 1. The predicted octanol–water partition coefficient (Wildman–Crippen LogP) is -0.0898. The van der Waals surface area contributed by atoms with Crippen LogP contribution in [0.15, 0.2) is 21.8 Å². The maximum absolute atomic E-state index is 12.8. The highest BCUT2D eigenvalue weighted by molar-refractivity contribution is 8.00. The Morgan fingerprint density at radius 3 is 2.77 bits per heavy atom. The molecule has 4 heterocycles. The number of carbonyl (C=O) groups excluding carboxylic acids is 2. The number of carboxylic acid groups (broad SMARTS) is 1. The van der Waals surface area contributed by atoms with Crippen molar-refractivity contribution in [3.63, 3.8) is 0 Å². The van der Waals surface area contributed by atoms with E-state index in [-0.39, 0.29) is 22.2 Å². The third kappa shape index (κ3) is 4.12. The fraction of sp³-hybridized carbons (Fsp3) is 0.500. The van der Waals surface area contributed by atoms with Crippen LogP contribution in [0.25, 0.3) is 0 Å². The number of nitrogens with zero attached hydrogens (tertiary/aromatic N) is 4. The summed E-state index contributed by atoms with van der Waals surface area (Å²) in [5.41, 5.74) is 6.52. The zero-order valence-corrected chi connectivity index (χ0v) is 18.4. The molecular weight excluding hydrogens is 444 g/mol. The highest BCUT2D eigenvalue weighted by Gasteiger charge is 2.54. The molecule has 31 heavy (non-hydrogen) atoms. The van der Waals surface area contributed by atoms with E-state index in [9.17, 15) is 19.5 Å². The first kappa shape index (κ1) is 21.6. The summed E-state index contributed by atoms with van der Waals surface area (Å²) in [5.74, 6) is -1.75. The Kier molecular flexibility index (Phi) is 6.16. The number of aromatic nitrogens is 1. The number of carboxylic acids is 1. The first-order valence-corrected chi connectivity index (χ1v) is 11.6. The van der Waals surface area contributed by atoms with Crippen LogP contribution in [0, 0.1) is 0 Å². The first-order valence-electron chi connectivity index (χ1n) is 9.66. The van der Waals surface area contributed by atoms with Gasteiger partial charge in [0.1, 0.15) is 29.9 Å². The summed E-state index contributed by atoms with van der Waals surface area (Å²) < 4.78 is 0. The highest BCUT2D eigenvalue weighted by Crippen LogP contribution is 2.40. The number of fused-ring (bicyclic) bond motifs is 1. The topological polar surface area (TPSA) is 150 Å². The van der Waals surface area contributed by atoms with Crippen LogP contribution >= 0.6 is 23.1 Å². The largest absolute Gasteiger partial charge is 0.477 e. The lowest BCUT2D eigenvalue weighted by Crippen LogP contribution is -2.71. The number of hydrogen-bond donors (Lipinski definition) is 3. The maximum Gasteiger partial charge on any atom is 0.352 e. The molecule has 2 atom stereocenters. The van der Waals surface area contributed by atoms with Gasteiger partial charge in [-0.2, -0.15) is 0 Å². The van der Waals surface area contributed by atoms with Gasteiger partial charge in [-0.25, -0.2) is 9.78 Å². The van der Waals surface area contributed by atoms with Crippen LogP contribution in [0.5, 0.6) is 0 Å². The van der Waals surface area contributed by atoms with Crippen molar-refractivity contribution in [2.24, 2.45) is 5.16 Å². The summed E-state index contributed by atoms with van der Waals surface area (Å²) in [5, 5.41) is 17.5. The third-order valence-corrected chi connectivity index (χ3v) is 7.33. The molecule has 4 N–H and O–H groups in total. The van der Waals surface area contributed by atoms with E-state index in [1.165, 1.54) is 23.8 Å². The normalized spacial score (nSPS) is 24.1. The van der Waals surface area contributed by atoms with E-state index in [1.807, 2.05) is 0 Å². The number of aliphatic carboxylic acids is 1. The minimum absolute atomic E-state index is 0.0317. The molecule has 13 heteroatoms. The summed E-state index contributed by atoms with van der Waals surface area (Å²) in [6.07, 6.45) is 2.19. The second-order valence-corrected chi connectivity index (χ2v) is 9.29. The number of carbonyl (C=O) groups is 3. The third-order valence-electron chi connectivity index (χ3n) is 5.31. The summed E-state index contributed by atoms with van der Waals surface area (Å²) in [6, 6.07) is -0.863. The number of β-lactam (4-membered cyclic amide) rings is 1. The van der Waals surface area contributed by atoms with Gasteiger partial charge in [-0.05, 0) is 31.5 Å². The van der Waals surface area contributed by atoms with Crippen molar-refractivity contribution in [3.8, 4) is 0 Å². The molecule has 2 saturated heterocycles. The molecule has 1 aromatic heterocycles. The van der Waals surface area contributed by atoms with Crippen LogP contribution in [0.3, 0.4) is 0 Å². The molecule has 0 unspecified atom stereocenters. The van der Waals surface area contributed by atoms with Gasteiger partial charge in [0.2, 0.25) is 0 Å². The fourth-order valence-corrected chi connectivity index (χ4v) is 5.80. The summed E-state index contributed by atoms with van der Waals surface area (Å²) >= 11 is 2.59. The SMILES string of the molecule is CO/N=C(/C(=O)N[C@@H]1C(=O)N2C(C(=O)O)=C(CN3CCCC3)CS[C@H]12)c1csc(N)n1. The van der Waals surface area contributed by atoms with E-state index < -0.39 is 29.2 Å². The number of likely N-dealkylation sites (tertiary alicyclic amines) is 1. The molecule has 0 saturated carbocycles. The number of nitrogens with two attached hydrogens (primary N) is 1. The average molecular weight is 467 g/mol. The van der Waals surface area contributed by atoms with Crippen LogP contribution < -0.4 is 11.1 Å². The minimum atomic E-state index is -1.13. The number of nitrogen functional groups attached to an aromatic ring is 1. The van der Waals surface area contributed by atoms with Crippen molar-refractivity contribution in [3.05, 3.63) is 22.3 Å². The van der Waals surface area contributed by atoms with Crippen molar-refractivity contribution in [2.75, 3.05) is 38.2 Å². The highest BCUT2D eigenvalue weighted by atomic mass is 32.2. The molecule has 2 amide bonds. The lowest BCUT2D eigenvalue weighted by atomic mass is 10.0. The number of thiazole rings is 1. The second-order valence-electron chi connectivity index (χ2n) is 7.29. The van der Waals surface area contributed by atoms with E-state index in [1.54, 1.807) is 5.38 Å². The molecule has 0 radical (unpaired) electrons. The Labute approximate surface area is 186 Å². The van der Waals surface area contributed by atoms with E-state index in [4.69, 9.17) is 10.6 Å². The molecule has 0 aliphatic carbocycles. The Hall–Kier alpha value is -2.64. The number of amides is 2. The molecule has 1 aromatic rings. The number of hydrogen-bond acceptors (Lipinski definition) is 10. The van der Waals surface area contributed by atoms with Crippen LogP contribution in [-0.2, 0) is 19.2 Å². The van der Waals surface area contributed by atoms with Crippen molar-refractivity contribution >= 4 is 51.7 Å². The first-order chi connectivity index (χ1) is 14.9. The number of rotatable bonds is 7. The average Bonchev–Trinajstić information content (AvgIpc) is 3.41. The lowest BCUT2D eigenvalue weighted by Gasteiger charge is -2.49. The fourth-order valence-electron chi connectivity index (χ4n) is 3.92. The van der Waals surface area contributed by atoms with Gasteiger partial charge in [-0.3, -0.25) is 19.4 Å². The maximum atomic E-state index is 12.8. The molecule has 2 fully saturated rings. The monoisotopic (exact) mass is 466 g/mol. The molecule has 4 rings (SSSR count). The number of anilines is 1. The van der Waals surface area contributed by atoms with Gasteiger partial charge in [-0.15, -0.1) is 23.1 Å². The van der Waals surface area contributed by atoms with Gasteiger partial charge >= 0.3 is 5.97 Å². The van der Waals surface area contributed by atoms with Crippen LogP contribution in [-0.4, -0.2) is 87.3 Å². The van der Waals surface area contributed by atoms with Gasteiger partial charge in [0.05, 0.1) is 0 Å². The summed E-state index contributed by atoms with van der Waals surface area (Å²) in [7, 11) is 1.29. The Morgan fingerprint density at radius 1 is 1.42 bits per heavy atom. The van der Waals surface area contributed by atoms with Crippen molar-refractivity contribution < 1.29 is 24.3 Å². The van der Waals surface area contributed by atoms with Gasteiger partial charge in [0, 0.05) is 17.7 Å². The van der Waals surface area contributed by atoms with Crippen molar-refractivity contribution in [2.45, 2.75) is 24.3 Å². The zero-order valence-electron chi connectivity index (χ0n) is 16.7. The van der Waals surface area contributed by atoms with E-state index >= 15 is 0 Å². The number of nitrogens with one attached hydrogen (secondary N) is 1. The van der Waals surface area contributed by atoms with E-state index in [0.717, 1.165) is 42.8 Å². The Balaban J connectivity index is 1.50. The van der Waals surface area contributed by atoms with Gasteiger partial charge < -0.3 is 21.0 Å². The predicted molar refractivity (Wildman–Crippen MR) is 115 cm³/mol. The summed E-state index contributed by atoms with van der Waals surface area (Å²) in [6.45, 7) is 2.40. The lowest BCUT2D eigenvalue weighted by molar-refractivity contribution is -0.150. The molecule has 0 aromatic carbocycles. The molecule has 11 nitrogen and oxygen atoms in total. The van der Waals surface area contributed by atoms with Gasteiger partial charge in [-0.1, -0.05) is 5.16 Å². The standard InChI is InChI=1S/C18H22N6O5S2/c1-29-22-11(10-8-31-18(19)20-10)14(25)21-12-15(26)24-13(17(27)28)9(7-30-16(12)24)6-23-4-2-3-5-23/h8,12,16H,2-7H2,1H3,(H2,19,20)(H,21,25)(H,27,28)/b22-11+/t12-,16-/m1/s1. The molecule has 3 aliphatic heterocycles. The smallest absolute Gasteiger partial charge is 0.352 e. The van der Waals surface area contributed by atoms with Gasteiger partial charge in [0.25, 0.3) is 11.8 Å². The molecular formula is C18H22N6O5S2. The summed E-state index contributed by atoms with van der Waals surface area (Å²) in [4.78, 5) is 49.8. The Morgan fingerprint density at radius 2 is 2.16 bits per heavy atom. The second kappa shape index (κ2) is 8.85. The van der Waals surface area contributed by atoms with Crippen molar-refractivity contribution in [1.29, 1.82) is 0 Å². The van der Waals surface area contributed by atoms with Crippen LogP contribution in [0.4, 0.5) is 5.13 Å². The number of oxime groups is 1. The molecule has 0 spiro atoms. The minimum Gasteiger partial charge on any atom is -0.477 e. The molecule has 166 valence electrons. The zero-order chi connectivity index (χ0) is 22.1.